The zero-order chi connectivity index (χ0) is 21.3. The number of phenolic OH excluding ortho intramolecular Hbond substituents is 1. The van der Waals surface area contributed by atoms with Crippen LogP contribution in [0.2, 0.25) is 0 Å². The Morgan fingerprint density at radius 3 is 1.74 bits per heavy atom. The molecule has 0 aromatic heterocycles. The Bertz CT molecular complexity index is 712. The van der Waals surface area contributed by atoms with Gasteiger partial charge in [-0.2, -0.15) is 0 Å². The fraction of sp³-hybridized carbons (Fsp3) is 0.364. The van der Waals surface area contributed by atoms with Gasteiger partial charge in [-0.1, -0.05) is 58.9 Å². The Balaban J connectivity index is 0.000000488. The summed E-state index contributed by atoms with van der Waals surface area (Å²) in [5.41, 5.74) is 1.70. The molecule has 0 bridgehead atoms. The predicted octanol–water partition coefficient (Wildman–Crippen LogP) is 5.01. The molecule has 3 N–H and O–H groups in total. The lowest BCUT2D eigenvalue weighted by Gasteiger charge is -2.33. The van der Waals surface area contributed by atoms with Gasteiger partial charge in [0.15, 0.2) is 0 Å². The van der Waals surface area contributed by atoms with Crippen molar-refractivity contribution in [1.82, 2.24) is 0 Å². The second kappa shape index (κ2) is 10.4. The van der Waals surface area contributed by atoms with Crippen LogP contribution in [0.5, 0.6) is 11.5 Å². The number of aromatic hydroxyl groups is 2. The van der Waals surface area contributed by atoms with E-state index in [-0.39, 0.29) is 16.7 Å². The van der Waals surface area contributed by atoms with Crippen LogP contribution in [0, 0.1) is 5.41 Å². The molecule has 0 amide bonds. The summed E-state index contributed by atoms with van der Waals surface area (Å²) in [6, 6.07) is 13.4. The molecular weight excluding hydrogens is 344 g/mol. The van der Waals surface area contributed by atoms with Crippen LogP contribution in [0.1, 0.15) is 57.0 Å². The van der Waals surface area contributed by atoms with Crippen molar-refractivity contribution in [2.75, 3.05) is 0 Å². The summed E-state index contributed by atoms with van der Waals surface area (Å²) in [6.45, 7) is 13.3. The summed E-state index contributed by atoms with van der Waals surface area (Å²) in [5, 5.41) is 26.6. The fourth-order valence-corrected chi connectivity index (χ4v) is 2.99. The van der Waals surface area contributed by atoms with Crippen molar-refractivity contribution in [3.8, 4) is 11.5 Å². The van der Waals surface area contributed by atoms with Gasteiger partial charge in [-0.05, 0) is 47.1 Å². The summed E-state index contributed by atoms with van der Waals surface area (Å²) in [5.74, 6) is -0.974. The largest absolute Gasteiger partial charge is 0.508 e. The number of rotatable bonds is 3. The first-order valence-corrected chi connectivity index (χ1v) is 8.52. The van der Waals surface area contributed by atoms with E-state index in [0.29, 0.717) is 11.2 Å². The number of carboxylic acids is 1. The molecule has 0 saturated carbocycles. The molecule has 5 nitrogen and oxygen atoms in total. The normalized spacial score (nSPS) is 10.7. The molecule has 5 heteroatoms. The zero-order valence-electron chi connectivity index (χ0n) is 16.7. The van der Waals surface area contributed by atoms with E-state index in [9.17, 15) is 9.90 Å². The van der Waals surface area contributed by atoms with Gasteiger partial charge >= 0.3 is 5.97 Å². The Morgan fingerprint density at radius 2 is 1.37 bits per heavy atom. The number of para-hydroxylation sites is 1. The fourth-order valence-electron chi connectivity index (χ4n) is 2.99. The Hall–Kier alpha value is -2.82. The van der Waals surface area contributed by atoms with Crippen molar-refractivity contribution in [2.45, 2.75) is 46.5 Å². The Morgan fingerprint density at radius 1 is 0.889 bits per heavy atom. The second-order valence-electron chi connectivity index (χ2n) is 7.99. The maximum atomic E-state index is 10.3. The molecule has 0 radical (unpaired) electrons. The minimum Gasteiger partial charge on any atom is -0.508 e. The maximum Gasteiger partial charge on any atom is 0.339 e. The van der Waals surface area contributed by atoms with Gasteiger partial charge in [0.05, 0.1) is 0 Å². The lowest BCUT2D eigenvalue weighted by molar-refractivity contribution is -0.0980. The minimum atomic E-state index is -1.11. The van der Waals surface area contributed by atoms with E-state index < -0.39 is 5.97 Å². The van der Waals surface area contributed by atoms with E-state index >= 15 is 0 Å². The standard InChI is InChI=1S/C14H22O.C7H6O3.CH2O/c1-13(2,3)10-14(4,5)11-6-8-12(15)9-7-11;8-6-4-2-1-3-5(6)7(9)10;1-2/h6-9,15H,10H2,1-5H3;1-4,8H,(H,9,10);1H2. The van der Waals surface area contributed by atoms with Crippen molar-refractivity contribution in [1.29, 1.82) is 0 Å². The number of aromatic carboxylic acids is 1. The number of benzene rings is 2. The van der Waals surface area contributed by atoms with Crippen molar-refractivity contribution >= 4 is 12.8 Å². The number of hydrogen-bond donors (Lipinski definition) is 3. The number of phenols is 2. The van der Waals surface area contributed by atoms with E-state index in [1.807, 2.05) is 18.9 Å². The highest BCUT2D eigenvalue weighted by molar-refractivity contribution is 5.90. The van der Waals surface area contributed by atoms with Gasteiger partial charge in [-0.3, -0.25) is 0 Å². The molecule has 27 heavy (non-hydrogen) atoms. The number of hydrogen-bond acceptors (Lipinski definition) is 4. The van der Waals surface area contributed by atoms with Crippen LogP contribution >= 0.6 is 0 Å². The second-order valence-corrected chi connectivity index (χ2v) is 7.99. The van der Waals surface area contributed by atoms with E-state index in [1.54, 1.807) is 24.3 Å². The topological polar surface area (TPSA) is 94.8 Å². The lowest BCUT2D eigenvalue weighted by atomic mass is 9.72. The SMILES string of the molecule is C=O.CC(C)(C)CC(C)(C)c1ccc(O)cc1.O=C(O)c1ccccc1O. The Kier molecular flexibility index (Phi) is 9.28. The first-order valence-electron chi connectivity index (χ1n) is 8.52. The van der Waals surface area contributed by atoms with Crippen LogP contribution in [-0.2, 0) is 10.2 Å². The zero-order valence-corrected chi connectivity index (χ0v) is 16.7. The molecular formula is C22H30O5. The smallest absolute Gasteiger partial charge is 0.339 e. The lowest BCUT2D eigenvalue weighted by Crippen LogP contribution is -2.24. The van der Waals surface area contributed by atoms with Gasteiger partial charge in [-0.15, -0.1) is 0 Å². The summed E-state index contributed by atoms with van der Waals surface area (Å²) in [7, 11) is 0. The molecule has 148 valence electrons. The molecule has 0 aliphatic heterocycles. The quantitative estimate of drug-likeness (QED) is 0.702. The van der Waals surface area contributed by atoms with Crippen molar-refractivity contribution < 1.29 is 24.9 Å². The van der Waals surface area contributed by atoms with Crippen molar-refractivity contribution in [2.24, 2.45) is 5.41 Å². The summed E-state index contributed by atoms with van der Waals surface area (Å²) in [4.78, 5) is 18.3. The maximum absolute atomic E-state index is 10.3. The average Bonchev–Trinajstić information content (AvgIpc) is 2.56. The van der Waals surface area contributed by atoms with Gasteiger partial charge < -0.3 is 20.1 Å². The van der Waals surface area contributed by atoms with E-state index in [0.717, 1.165) is 6.42 Å². The van der Waals surface area contributed by atoms with Gasteiger partial charge in [-0.25, -0.2) is 4.79 Å². The molecule has 2 rings (SSSR count). The molecule has 0 aliphatic carbocycles. The highest BCUT2D eigenvalue weighted by atomic mass is 16.4. The van der Waals surface area contributed by atoms with E-state index in [4.69, 9.17) is 15.0 Å². The molecule has 0 fully saturated rings. The van der Waals surface area contributed by atoms with Crippen LogP contribution in [0.3, 0.4) is 0 Å². The van der Waals surface area contributed by atoms with Gasteiger partial charge in [0.25, 0.3) is 0 Å². The van der Waals surface area contributed by atoms with Crippen LogP contribution < -0.4 is 0 Å². The summed E-state index contributed by atoms with van der Waals surface area (Å²) < 4.78 is 0. The molecule has 0 aliphatic rings. The molecule has 0 heterocycles. The third kappa shape index (κ3) is 8.90. The molecule has 2 aromatic carbocycles. The van der Waals surface area contributed by atoms with Crippen LogP contribution in [0.15, 0.2) is 48.5 Å². The van der Waals surface area contributed by atoms with Crippen LogP contribution in [0.4, 0.5) is 0 Å². The molecule has 0 unspecified atom stereocenters. The first kappa shape index (κ1) is 24.2. The molecule has 2 aromatic rings. The van der Waals surface area contributed by atoms with E-state index in [1.165, 1.54) is 17.7 Å². The van der Waals surface area contributed by atoms with Crippen LogP contribution in [-0.4, -0.2) is 28.1 Å². The number of carbonyl (C=O) groups excluding carboxylic acids is 1. The third-order valence-corrected chi connectivity index (χ3v) is 3.76. The highest BCUT2D eigenvalue weighted by Crippen LogP contribution is 2.36. The van der Waals surface area contributed by atoms with E-state index in [2.05, 4.69) is 34.6 Å². The summed E-state index contributed by atoms with van der Waals surface area (Å²) in [6.07, 6.45) is 1.13. The number of carbonyl (C=O) groups is 2. The van der Waals surface area contributed by atoms with Gasteiger partial charge in [0.2, 0.25) is 0 Å². The third-order valence-electron chi connectivity index (χ3n) is 3.76. The van der Waals surface area contributed by atoms with Crippen LogP contribution in [0.25, 0.3) is 0 Å². The highest BCUT2D eigenvalue weighted by Gasteiger charge is 2.26. The minimum absolute atomic E-state index is 0.0671. The Labute approximate surface area is 161 Å². The summed E-state index contributed by atoms with van der Waals surface area (Å²) >= 11 is 0. The monoisotopic (exact) mass is 374 g/mol. The average molecular weight is 374 g/mol. The van der Waals surface area contributed by atoms with Crippen molar-refractivity contribution in [3.63, 3.8) is 0 Å². The van der Waals surface area contributed by atoms with Gasteiger partial charge in [0.1, 0.15) is 23.9 Å². The van der Waals surface area contributed by atoms with Gasteiger partial charge in [0, 0.05) is 0 Å². The molecule has 0 atom stereocenters. The van der Waals surface area contributed by atoms with Crippen molar-refractivity contribution in [3.05, 3.63) is 59.7 Å². The first-order chi connectivity index (χ1) is 12.4. The predicted molar refractivity (Wildman–Crippen MR) is 107 cm³/mol. The molecule has 0 spiro atoms. The molecule has 0 saturated heterocycles. The number of carboxylic acid groups (broad SMARTS) is 1.